The molecule has 1 N–H and O–H groups in total. The molecular formula is C9H17NO2. The predicted octanol–water partition coefficient (Wildman–Crippen LogP) is 0.626. The molecule has 1 aliphatic heterocycles. The third-order valence-electron chi connectivity index (χ3n) is 2.47. The molecule has 0 bridgehead atoms. The van der Waals surface area contributed by atoms with Gasteiger partial charge < -0.3 is 10.0 Å². The van der Waals surface area contributed by atoms with Gasteiger partial charge in [0.1, 0.15) is 0 Å². The molecule has 1 heterocycles. The van der Waals surface area contributed by atoms with Gasteiger partial charge >= 0.3 is 0 Å². The molecule has 1 rings (SSSR count). The average molecular weight is 171 g/mol. The van der Waals surface area contributed by atoms with Gasteiger partial charge in [-0.05, 0) is 32.1 Å². The lowest BCUT2D eigenvalue weighted by atomic mass is 9.92. The summed E-state index contributed by atoms with van der Waals surface area (Å²) < 4.78 is 0. The lowest BCUT2D eigenvalue weighted by Crippen LogP contribution is -2.33. The van der Waals surface area contributed by atoms with Gasteiger partial charge in [-0.2, -0.15) is 0 Å². The Labute approximate surface area is 73.4 Å². The molecule has 1 aliphatic rings. The minimum Gasteiger partial charge on any atom is -0.393 e. The van der Waals surface area contributed by atoms with Gasteiger partial charge in [0.15, 0.2) is 0 Å². The van der Waals surface area contributed by atoms with Crippen LogP contribution in [0.4, 0.5) is 0 Å². The second kappa shape index (κ2) is 4.45. The number of hydrogen-bond acceptors (Lipinski definition) is 2. The molecule has 1 saturated heterocycles. The van der Waals surface area contributed by atoms with E-state index in [1.807, 2.05) is 6.92 Å². The lowest BCUT2D eigenvalue weighted by molar-refractivity contribution is -0.119. The monoisotopic (exact) mass is 171 g/mol. The molecule has 0 aromatic rings. The number of amides is 1. The van der Waals surface area contributed by atoms with Gasteiger partial charge in [0.2, 0.25) is 6.41 Å². The van der Waals surface area contributed by atoms with E-state index >= 15 is 0 Å². The molecule has 1 unspecified atom stereocenters. The van der Waals surface area contributed by atoms with Gasteiger partial charge in [-0.15, -0.1) is 0 Å². The molecule has 1 atom stereocenters. The highest BCUT2D eigenvalue weighted by atomic mass is 16.3. The standard InChI is InChI=1S/C9H17NO2/c1-8(12)6-9-2-4-10(7-11)5-3-9/h7-9,12H,2-6H2,1H3. The number of likely N-dealkylation sites (tertiary alicyclic amines) is 1. The fraction of sp³-hybridized carbons (Fsp3) is 0.889. The summed E-state index contributed by atoms with van der Waals surface area (Å²) in [4.78, 5) is 12.2. The van der Waals surface area contributed by atoms with Crippen LogP contribution in [-0.4, -0.2) is 35.6 Å². The summed E-state index contributed by atoms with van der Waals surface area (Å²) in [5.41, 5.74) is 0. The highest BCUT2D eigenvalue weighted by Crippen LogP contribution is 2.20. The molecular weight excluding hydrogens is 154 g/mol. The number of piperidine rings is 1. The molecule has 0 aliphatic carbocycles. The molecule has 0 aromatic carbocycles. The first-order valence-electron chi connectivity index (χ1n) is 4.59. The molecule has 12 heavy (non-hydrogen) atoms. The van der Waals surface area contributed by atoms with Crippen molar-refractivity contribution in [3.8, 4) is 0 Å². The van der Waals surface area contributed by atoms with Crippen LogP contribution in [0.2, 0.25) is 0 Å². The molecule has 0 saturated carbocycles. The quantitative estimate of drug-likeness (QED) is 0.632. The average Bonchev–Trinajstić information content (AvgIpc) is 2.05. The van der Waals surface area contributed by atoms with Gasteiger partial charge in [0.05, 0.1) is 6.10 Å². The molecule has 1 fully saturated rings. The van der Waals surface area contributed by atoms with Crippen LogP contribution in [-0.2, 0) is 4.79 Å². The fourth-order valence-corrected chi connectivity index (χ4v) is 1.78. The second-order valence-corrected chi connectivity index (χ2v) is 3.67. The van der Waals surface area contributed by atoms with Gasteiger partial charge in [-0.25, -0.2) is 0 Å². The number of hydrogen-bond donors (Lipinski definition) is 1. The third-order valence-corrected chi connectivity index (χ3v) is 2.47. The highest BCUT2D eigenvalue weighted by Gasteiger charge is 2.18. The van der Waals surface area contributed by atoms with E-state index < -0.39 is 0 Å². The molecule has 0 radical (unpaired) electrons. The van der Waals surface area contributed by atoms with Gasteiger partial charge in [-0.3, -0.25) is 4.79 Å². The van der Waals surface area contributed by atoms with Crippen molar-refractivity contribution in [1.82, 2.24) is 4.90 Å². The van der Waals surface area contributed by atoms with Crippen molar-refractivity contribution >= 4 is 6.41 Å². The Morgan fingerprint density at radius 1 is 1.58 bits per heavy atom. The minimum absolute atomic E-state index is 0.196. The number of carbonyl (C=O) groups excluding carboxylic acids is 1. The number of rotatable bonds is 3. The number of carbonyl (C=O) groups is 1. The summed E-state index contributed by atoms with van der Waals surface area (Å²) in [5, 5.41) is 9.14. The van der Waals surface area contributed by atoms with E-state index in [2.05, 4.69) is 0 Å². The summed E-state index contributed by atoms with van der Waals surface area (Å²) in [7, 11) is 0. The van der Waals surface area contributed by atoms with E-state index in [1.165, 1.54) is 0 Å². The Morgan fingerprint density at radius 3 is 2.58 bits per heavy atom. The summed E-state index contributed by atoms with van der Waals surface area (Å²) in [6.07, 6.45) is 3.69. The maximum absolute atomic E-state index is 10.4. The molecule has 3 heteroatoms. The van der Waals surface area contributed by atoms with Crippen molar-refractivity contribution < 1.29 is 9.90 Å². The van der Waals surface area contributed by atoms with Crippen molar-refractivity contribution in [3.05, 3.63) is 0 Å². The number of nitrogens with zero attached hydrogens (tertiary/aromatic N) is 1. The Hall–Kier alpha value is -0.570. The Morgan fingerprint density at radius 2 is 2.17 bits per heavy atom. The summed E-state index contributed by atoms with van der Waals surface area (Å²) >= 11 is 0. The zero-order valence-electron chi connectivity index (χ0n) is 7.57. The van der Waals surface area contributed by atoms with Gasteiger partial charge in [0.25, 0.3) is 0 Å². The van der Waals surface area contributed by atoms with E-state index in [-0.39, 0.29) is 6.10 Å². The molecule has 0 aromatic heterocycles. The van der Waals surface area contributed by atoms with Gasteiger partial charge in [-0.1, -0.05) is 0 Å². The van der Waals surface area contributed by atoms with E-state index in [0.717, 1.165) is 38.8 Å². The van der Waals surface area contributed by atoms with Crippen LogP contribution in [0.15, 0.2) is 0 Å². The predicted molar refractivity (Wildman–Crippen MR) is 46.7 cm³/mol. The van der Waals surface area contributed by atoms with Crippen LogP contribution in [0.3, 0.4) is 0 Å². The maximum atomic E-state index is 10.4. The molecule has 3 nitrogen and oxygen atoms in total. The molecule has 70 valence electrons. The smallest absolute Gasteiger partial charge is 0.209 e. The Bertz CT molecular complexity index is 139. The van der Waals surface area contributed by atoms with Crippen molar-refractivity contribution in [2.24, 2.45) is 5.92 Å². The summed E-state index contributed by atoms with van der Waals surface area (Å²) in [5.74, 6) is 0.612. The largest absolute Gasteiger partial charge is 0.393 e. The number of aliphatic hydroxyl groups excluding tert-OH is 1. The SMILES string of the molecule is CC(O)CC1CCN(C=O)CC1. The van der Waals surface area contributed by atoms with Crippen LogP contribution in [0.1, 0.15) is 26.2 Å². The zero-order valence-corrected chi connectivity index (χ0v) is 7.57. The third kappa shape index (κ3) is 2.81. The Balaban J connectivity index is 2.21. The minimum atomic E-state index is -0.196. The lowest BCUT2D eigenvalue weighted by Gasteiger charge is -2.29. The van der Waals surface area contributed by atoms with Crippen molar-refractivity contribution in [1.29, 1.82) is 0 Å². The van der Waals surface area contributed by atoms with Crippen LogP contribution in [0.5, 0.6) is 0 Å². The highest BCUT2D eigenvalue weighted by molar-refractivity contribution is 5.47. The first kappa shape index (κ1) is 9.52. The summed E-state index contributed by atoms with van der Waals surface area (Å²) in [6.45, 7) is 3.55. The van der Waals surface area contributed by atoms with Crippen molar-refractivity contribution in [2.45, 2.75) is 32.3 Å². The Kier molecular flexibility index (Phi) is 3.53. The summed E-state index contributed by atoms with van der Waals surface area (Å²) in [6, 6.07) is 0. The van der Waals surface area contributed by atoms with E-state index in [4.69, 9.17) is 5.11 Å². The van der Waals surface area contributed by atoms with Crippen LogP contribution < -0.4 is 0 Å². The van der Waals surface area contributed by atoms with Crippen molar-refractivity contribution in [3.63, 3.8) is 0 Å². The second-order valence-electron chi connectivity index (χ2n) is 3.67. The topological polar surface area (TPSA) is 40.5 Å². The normalized spacial score (nSPS) is 22.3. The first-order chi connectivity index (χ1) is 5.72. The van der Waals surface area contributed by atoms with Crippen LogP contribution in [0.25, 0.3) is 0 Å². The first-order valence-corrected chi connectivity index (χ1v) is 4.59. The van der Waals surface area contributed by atoms with Gasteiger partial charge in [0, 0.05) is 13.1 Å². The van der Waals surface area contributed by atoms with E-state index in [9.17, 15) is 4.79 Å². The van der Waals surface area contributed by atoms with Crippen LogP contribution in [0, 0.1) is 5.92 Å². The van der Waals surface area contributed by atoms with Crippen LogP contribution >= 0.6 is 0 Å². The molecule has 0 spiro atoms. The zero-order chi connectivity index (χ0) is 8.97. The van der Waals surface area contributed by atoms with Crippen molar-refractivity contribution in [2.75, 3.05) is 13.1 Å². The molecule has 1 amide bonds. The maximum Gasteiger partial charge on any atom is 0.209 e. The van der Waals surface area contributed by atoms with E-state index in [0.29, 0.717) is 5.92 Å². The fourth-order valence-electron chi connectivity index (χ4n) is 1.78. The number of aliphatic hydroxyl groups is 1. The van der Waals surface area contributed by atoms with E-state index in [1.54, 1.807) is 4.90 Å².